The number of benzene rings is 1. The summed E-state index contributed by atoms with van der Waals surface area (Å²) in [6.45, 7) is 5.15. The zero-order chi connectivity index (χ0) is 19.6. The molecule has 2 amide bonds. The fourth-order valence-electron chi connectivity index (χ4n) is 2.52. The molecule has 0 aliphatic heterocycles. The van der Waals surface area contributed by atoms with Crippen molar-refractivity contribution in [2.24, 2.45) is 0 Å². The second kappa shape index (κ2) is 7.89. The zero-order valence-corrected chi connectivity index (χ0v) is 16.6. The molecule has 0 aliphatic rings. The van der Waals surface area contributed by atoms with Gasteiger partial charge in [0.1, 0.15) is 6.54 Å². The molecule has 9 heteroatoms. The molecular weight excluding hydrogens is 386 g/mol. The van der Waals surface area contributed by atoms with Crippen molar-refractivity contribution >= 4 is 45.6 Å². The van der Waals surface area contributed by atoms with E-state index in [0.29, 0.717) is 15.8 Å². The monoisotopic (exact) mass is 403 g/mol. The van der Waals surface area contributed by atoms with Crippen LogP contribution in [0.3, 0.4) is 0 Å². The van der Waals surface area contributed by atoms with Crippen LogP contribution in [0.4, 0.5) is 10.8 Å². The van der Waals surface area contributed by atoms with E-state index in [9.17, 15) is 9.59 Å². The van der Waals surface area contributed by atoms with Crippen LogP contribution in [0.2, 0.25) is 5.02 Å². The van der Waals surface area contributed by atoms with Crippen molar-refractivity contribution in [2.45, 2.75) is 27.3 Å². The van der Waals surface area contributed by atoms with Crippen LogP contribution >= 0.6 is 22.9 Å². The predicted octanol–water partition coefficient (Wildman–Crippen LogP) is 3.87. The van der Waals surface area contributed by atoms with Crippen LogP contribution in [-0.4, -0.2) is 26.6 Å². The molecule has 0 aliphatic carbocycles. The van der Waals surface area contributed by atoms with Crippen molar-refractivity contribution < 1.29 is 9.59 Å². The molecule has 0 radical (unpaired) electrons. The van der Waals surface area contributed by atoms with E-state index >= 15 is 0 Å². The lowest BCUT2D eigenvalue weighted by atomic mass is 10.1. The number of carbonyl (C=O) groups is 2. The van der Waals surface area contributed by atoms with Crippen LogP contribution in [0.25, 0.3) is 11.3 Å². The number of amides is 2. The maximum atomic E-state index is 12.3. The van der Waals surface area contributed by atoms with Gasteiger partial charge in [0.05, 0.1) is 22.1 Å². The smallest absolute Gasteiger partial charge is 0.247 e. The van der Waals surface area contributed by atoms with Crippen molar-refractivity contribution in [3.63, 3.8) is 0 Å². The Morgan fingerprint density at radius 2 is 1.89 bits per heavy atom. The minimum Gasteiger partial charge on any atom is -0.326 e. The minimum absolute atomic E-state index is 0.0692. The molecule has 2 N–H and O–H groups in total. The van der Waals surface area contributed by atoms with Gasteiger partial charge in [0.2, 0.25) is 11.8 Å². The lowest BCUT2D eigenvalue weighted by Gasteiger charge is -2.04. The Morgan fingerprint density at radius 1 is 1.19 bits per heavy atom. The van der Waals surface area contributed by atoms with Crippen molar-refractivity contribution in [2.75, 3.05) is 10.6 Å². The van der Waals surface area contributed by atoms with Crippen LogP contribution in [-0.2, 0) is 16.1 Å². The number of nitrogens with zero attached hydrogens (tertiary/aromatic N) is 3. The summed E-state index contributed by atoms with van der Waals surface area (Å²) < 4.78 is 1.57. The molecule has 2 aromatic heterocycles. The summed E-state index contributed by atoms with van der Waals surface area (Å²) in [5, 5.41) is 12.7. The zero-order valence-electron chi connectivity index (χ0n) is 15.0. The summed E-state index contributed by atoms with van der Waals surface area (Å²) in [6, 6.07) is 7.34. The van der Waals surface area contributed by atoms with Crippen molar-refractivity contribution in [3.8, 4) is 11.3 Å². The Morgan fingerprint density at radius 3 is 2.48 bits per heavy atom. The molecule has 7 nitrogen and oxygen atoms in total. The molecule has 3 rings (SSSR count). The first-order valence-corrected chi connectivity index (χ1v) is 9.42. The van der Waals surface area contributed by atoms with E-state index in [1.165, 1.54) is 18.3 Å². The Kier molecular flexibility index (Phi) is 5.57. The highest BCUT2D eigenvalue weighted by Crippen LogP contribution is 2.26. The van der Waals surface area contributed by atoms with Crippen LogP contribution < -0.4 is 10.6 Å². The lowest BCUT2D eigenvalue weighted by molar-refractivity contribution is -0.117. The molecule has 0 bridgehead atoms. The van der Waals surface area contributed by atoms with Gasteiger partial charge in [-0.2, -0.15) is 5.10 Å². The van der Waals surface area contributed by atoms with Crippen molar-refractivity contribution in [1.29, 1.82) is 0 Å². The van der Waals surface area contributed by atoms with Gasteiger partial charge in [-0.1, -0.05) is 23.7 Å². The van der Waals surface area contributed by atoms with Crippen LogP contribution in [0, 0.1) is 13.8 Å². The van der Waals surface area contributed by atoms with Gasteiger partial charge in [-0.05, 0) is 26.0 Å². The number of hydrogen-bond donors (Lipinski definition) is 2. The Hall–Kier alpha value is -2.71. The van der Waals surface area contributed by atoms with E-state index in [1.807, 2.05) is 24.4 Å². The maximum Gasteiger partial charge on any atom is 0.247 e. The average molecular weight is 404 g/mol. The SMILES string of the molecule is CC(=O)Nc1ccc(-c2csc(NC(=O)Cn3nc(C)c(Cl)c3C)n2)cc1. The summed E-state index contributed by atoms with van der Waals surface area (Å²) in [6.07, 6.45) is 0. The first kappa shape index (κ1) is 19.1. The van der Waals surface area contributed by atoms with Gasteiger partial charge in [0.15, 0.2) is 5.13 Å². The molecule has 0 spiro atoms. The summed E-state index contributed by atoms with van der Waals surface area (Å²) >= 11 is 7.45. The number of rotatable bonds is 5. The summed E-state index contributed by atoms with van der Waals surface area (Å²) in [7, 11) is 0. The van der Waals surface area contributed by atoms with Gasteiger partial charge in [-0.25, -0.2) is 4.98 Å². The second-order valence-electron chi connectivity index (χ2n) is 5.99. The summed E-state index contributed by atoms with van der Waals surface area (Å²) in [4.78, 5) is 27.8. The number of nitrogens with one attached hydrogen (secondary N) is 2. The Balaban J connectivity index is 1.66. The van der Waals surface area contributed by atoms with Gasteiger partial charge in [0, 0.05) is 23.6 Å². The number of thiazole rings is 1. The first-order chi connectivity index (χ1) is 12.8. The van der Waals surface area contributed by atoms with E-state index in [1.54, 1.807) is 23.7 Å². The third-order valence-electron chi connectivity index (χ3n) is 3.84. The number of aromatic nitrogens is 3. The molecule has 0 unspecified atom stereocenters. The number of hydrogen-bond acceptors (Lipinski definition) is 5. The van der Waals surface area contributed by atoms with E-state index < -0.39 is 0 Å². The van der Waals surface area contributed by atoms with Gasteiger partial charge in [-0.15, -0.1) is 11.3 Å². The maximum absolute atomic E-state index is 12.3. The molecule has 0 saturated carbocycles. The molecular formula is C18H18ClN5O2S. The molecule has 1 aromatic carbocycles. The number of carbonyl (C=O) groups excluding carboxylic acids is 2. The Bertz CT molecular complexity index is 994. The van der Waals surface area contributed by atoms with Crippen molar-refractivity contribution in [1.82, 2.24) is 14.8 Å². The standard InChI is InChI=1S/C18H18ClN5O2S/c1-10-17(19)11(2)24(23-10)8-16(26)22-18-21-15(9-27-18)13-4-6-14(7-5-13)20-12(3)25/h4-7,9H,8H2,1-3H3,(H,20,25)(H,21,22,26). The molecule has 0 atom stereocenters. The van der Waals surface area contributed by atoms with Gasteiger partial charge in [-0.3, -0.25) is 14.3 Å². The van der Waals surface area contributed by atoms with E-state index in [4.69, 9.17) is 11.6 Å². The van der Waals surface area contributed by atoms with Crippen molar-refractivity contribution in [3.05, 3.63) is 46.1 Å². The van der Waals surface area contributed by atoms with Crippen LogP contribution in [0.1, 0.15) is 18.3 Å². The quantitative estimate of drug-likeness (QED) is 0.676. The third-order valence-corrected chi connectivity index (χ3v) is 5.14. The number of halogens is 1. The molecule has 3 aromatic rings. The number of aryl methyl sites for hydroxylation is 1. The number of anilines is 2. The lowest BCUT2D eigenvalue weighted by Crippen LogP contribution is -2.20. The first-order valence-electron chi connectivity index (χ1n) is 8.16. The molecule has 0 fully saturated rings. The van der Waals surface area contributed by atoms with E-state index in [-0.39, 0.29) is 18.4 Å². The fraction of sp³-hybridized carbons (Fsp3) is 0.222. The minimum atomic E-state index is -0.223. The van der Waals surface area contributed by atoms with Crippen LogP contribution in [0.15, 0.2) is 29.6 Å². The second-order valence-corrected chi connectivity index (χ2v) is 7.22. The van der Waals surface area contributed by atoms with E-state index in [0.717, 1.165) is 22.6 Å². The highest BCUT2D eigenvalue weighted by Gasteiger charge is 2.14. The summed E-state index contributed by atoms with van der Waals surface area (Å²) in [5.74, 6) is -0.343. The third kappa shape index (κ3) is 4.53. The van der Waals surface area contributed by atoms with Gasteiger partial charge < -0.3 is 10.6 Å². The highest BCUT2D eigenvalue weighted by molar-refractivity contribution is 7.14. The normalized spacial score (nSPS) is 10.7. The largest absolute Gasteiger partial charge is 0.326 e. The highest BCUT2D eigenvalue weighted by atomic mass is 35.5. The summed E-state index contributed by atoms with van der Waals surface area (Å²) in [5.41, 5.74) is 3.81. The molecule has 2 heterocycles. The predicted molar refractivity (Wildman–Crippen MR) is 107 cm³/mol. The molecule has 27 heavy (non-hydrogen) atoms. The Labute approximate surface area is 165 Å². The van der Waals surface area contributed by atoms with Gasteiger partial charge >= 0.3 is 0 Å². The van der Waals surface area contributed by atoms with Crippen LogP contribution in [0.5, 0.6) is 0 Å². The topological polar surface area (TPSA) is 88.9 Å². The fourth-order valence-corrected chi connectivity index (χ4v) is 3.39. The molecule has 0 saturated heterocycles. The molecule has 140 valence electrons. The average Bonchev–Trinajstić information content (AvgIpc) is 3.16. The van der Waals surface area contributed by atoms with E-state index in [2.05, 4.69) is 20.7 Å². The van der Waals surface area contributed by atoms with Gasteiger partial charge in [0.25, 0.3) is 0 Å².